The number of rotatable bonds is 4. The monoisotopic (exact) mass is 278 g/mol. The lowest BCUT2D eigenvalue weighted by Crippen LogP contribution is -2.14. The first-order chi connectivity index (χ1) is 10.3. The van der Waals surface area contributed by atoms with E-state index in [1.807, 2.05) is 36.7 Å². The van der Waals surface area contributed by atoms with Crippen molar-refractivity contribution in [2.45, 2.75) is 12.5 Å². The lowest BCUT2D eigenvalue weighted by Gasteiger charge is -2.14. The number of hydrogen-bond donors (Lipinski definition) is 1. The van der Waals surface area contributed by atoms with Crippen LogP contribution in [0.3, 0.4) is 0 Å². The zero-order valence-electron chi connectivity index (χ0n) is 12.0. The summed E-state index contributed by atoms with van der Waals surface area (Å²) in [4.78, 5) is 4.30. The summed E-state index contributed by atoms with van der Waals surface area (Å²) in [7, 11) is 1.67. The van der Waals surface area contributed by atoms with Gasteiger partial charge in [0.15, 0.2) is 0 Å². The molecule has 0 radical (unpaired) electrons. The summed E-state index contributed by atoms with van der Waals surface area (Å²) in [5.74, 6) is 0.860. The predicted octanol–water partition coefficient (Wildman–Crippen LogP) is 3.49. The Balaban J connectivity index is 1.88. The Bertz CT molecular complexity index is 732. The number of fused-ring (bicyclic) bond motifs is 1. The van der Waals surface area contributed by atoms with Gasteiger partial charge in [0.1, 0.15) is 5.75 Å². The molecule has 2 aromatic carbocycles. The highest BCUT2D eigenvalue weighted by Crippen LogP contribution is 2.24. The third-order valence-corrected chi connectivity index (χ3v) is 3.71. The van der Waals surface area contributed by atoms with Gasteiger partial charge in [-0.05, 0) is 35.1 Å². The molecular formula is C18H18N2O. The van der Waals surface area contributed by atoms with E-state index in [1.165, 1.54) is 10.9 Å². The maximum Gasteiger partial charge on any atom is 0.118 e. The highest BCUT2D eigenvalue weighted by atomic mass is 16.5. The zero-order valence-corrected chi connectivity index (χ0v) is 12.0. The average Bonchev–Trinajstić information content (AvgIpc) is 2.55. The lowest BCUT2D eigenvalue weighted by atomic mass is 9.97. The first-order valence-corrected chi connectivity index (χ1v) is 6.99. The Hall–Kier alpha value is -2.39. The van der Waals surface area contributed by atoms with Crippen molar-refractivity contribution in [2.24, 2.45) is 5.73 Å². The summed E-state index contributed by atoms with van der Waals surface area (Å²) in [6.45, 7) is 0. The van der Waals surface area contributed by atoms with Crippen molar-refractivity contribution in [3.05, 3.63) is 72.1 Å². The first kappa shape index (κ1) is 13.6. The third-order valence-electron chi connectivity index (χ3n) is 3.71. The molecule has 3 nitrogen and oxygen atoms in total. The largest absolute Gasteiger partial charge is 0.497 e. The molecule has 0 bridgehead atoms. The van der Waals surface area contributed by atoms with E-state index in [0.29, 0.717) is 0 Å². The molecule has 0 fully saturated rings. The van der Waals surface area contributed by atoms with Crippen LogP contribution in [0.1, 0.15) is 17.2 Å². The van der Waals surface area contributed by atoms with Crippen molar-refractivity contribution >= 4 is 10.8 Å². The van der Waals surface area contributed by atoms with Crippen LogP contribution >= 0.6 is 0 Å². The number of benzene rings is 2. The van der Waals surface area contributed by atoms with E-state index in [0.717, 1.165) is 23.1 Å². The van der Waals surface area contributed by atoms with Gasteiger partial charge in [-0.1, -0.05) is 36.4 Å². The second-order valence-electron chi connectivity index (χ2n) is 5.11. The number of hydrogen-bond acceptors (Lipinski definition) is 3. The lowest BCUT2D eigenvalue weighted by molar-refractivity contribution is 0.414. The van der Waals surface area contributed by atoms with Gasteiger partial charge in [-0.2, -0.15) is 0 Å². The molecule has 3 rings (SSSR count). The van der Waals surface area contributed by atoms with E-state index in [4.69, 9.17) is 10.5 Å². The van der Waals surface area contributed by atoms with Crippen LogP contribution in [0.4, 0.5) is 0 Å². The highest BCUT2D eigenvalue weighted by molar-refractivity contribution is 5.85. The number of nitrogens with zero attached hydrogens (tertiary/aromatic N) is 1. The minimum atomic E-state index is -0.0722. The van der Waals surface area contributed by atoms with Crippen LogP contribution in [0, 0.1) is 0 Å². The van der Waals surface area contributed by atoms with Gasteiger partial charge in [-0.3, -0.25) is 4.98 Å². The zero-order chi connectivity index (χ0) is 14.7. The van der Waals surface area contributed by atoms with Gasteiger partial charge >= 0.3 is 0 Å². The van der Waals surface area contributed by atoms with Crippen molar-refractivity contribution in [3.8, 4) is 5.75 Å². The SMILES string of the molecule is COc1ccc(CC(N)c2cncc3ccccc23)cc1. The molecule has 1 aromatic heterocycles. The summed E-state index contributed by atoms with van der Waals surface area (Å²) in [6, 6.07) is 16.2. The number of ether oxygens (including phenoxy) is 1. The van der Waals surface area contributed by atoms with Crippen LogP contribution < -0.4 is 10.5 Å². The molecule has 21 heavy (non-hydrogen) atoms. The molecule has 3 heteroatoms. The minimum absolute atomic E-state index is 0.0722. The van der Waals surface area contributed by atoms with Gasteiger partial charge in [0.05, 0.1) is 7.11 Å². The van der Waals surface area contributed by atoms with Gasteiger partial charge in [0, 0.05) is 23.8 Å². The molecule has 1 atom stereocenters. The normalized spacial score (nSPS) is 12.3. The summed E-state index contributed by atoms with van der Waals surface area (Å²) in [5, 5.41) is 2.30. The van der Waals surface area contributed by atoms with Crippen LogP contribution in [0.2, 0.25) is 0 Å². The second kappa shape index (κ2) is 5.94. The second-order valence-corrected chi connectivity index (χ2v) is 5.11. The number of methoxy groups -OCH3 is 1. The molecule has 1 heterocycles. The Morgan fingerprint density at radius 1 is 1.05 bits per heavy atom. The molecule has 2 N–H and O–H groups in total. The van der Waals surface area contributed by atoms with Crippen molar-refractivity contribution in [3.63, 3.8) is 0 Å². The Labute approximate surface area is 124 Å². The third kappa shape index (κ3) is 2.88. The average molecular weight is 278 g/mol. The Kier molecular flexibility index (Phi) is 3.84. The molecule has 3 aromatic rings. The van der Waals surface area contributed by atoms with Gasteiger partial charge in [-0.25, -0.2) is 0 Å². The fourth-order valence-corrected chi connectivity index (χ4v) is 2.56. The van der Waals surface area contributed by atoms with Crippen LogP contribution in [0.5, 0.6) is 5.75 Å². The maximum absolute atomic E-state index is 6.39. The number of pyridine rings is 1. The fraction of sp³-hybridized carbons (Fsp3) is 0.167. The quantitative estimate of drug-likeness (QED) is 0.794. The summed E-state index contributed by atoms with van der Waals surface area (Å²) >= 11 is 0. The summed E-state index contributed by atoms with van der Waals surface area (Å²) in [6.07, 6.45) is 4.52. The molecule has 0 amide bonds. The van der Waals surface area contributed by atoms with Crippen molar-refractivity contribution in [2.75, 3.05) is 7.11 Å². The van der Waals surface area contributed by atoms with Crippen LogP contribution in [0.25, 0.3) is 10.8 Å². The van der Waals surface area contributed by atoms with Gasteiger partial charge in [-0.15, -0.1) is 0 Å². The Morgan fingerprint density at radius 3 is 2.57 bits per heavy atom. The predicted molar refractivity (Wildman–Crippen MR) is 85.4 cm³/mol. The number of aromatic nitrogens is 1. The fourth-order valence-electron chi connectivity index (χ4n) is 2.56. The van der Waals surface area contributed by atoms with E-state index < -0.39 is 0 Å². The Morgan fingerprint density at radius 2 is 1.81 bits per heavy atom. The molecule has 106 valence electrons. The molecule has 0 aliphatic rings. The van der Waals surface area contributed by atoms with Crippen LogP contribution in [-0.2, 0) is 6.42 Å². The molecular weight excluding hydrogens is 260 g/mol. The van der Waals surface area contributed by atoms with Crippen molar-refractivity contribution in [1.82, 2.24) is 4.98 Å². The van der Waals surface area contributed by atoms with Gasteiger partial charge < -0.3 is 10.5 Å². The van der Waals surface area contributed by atoms with Crippen molar-refractivity contribution in [1.29, 1.82) is 0 Å². The molecule has 0 saturated heterocycles. The molecule has 1 unspecified atom stereocenters. The standard InChI is InChI=1S/C18H18N2O/c1-21-15-8-6-13(7-9-15)10-18(19)17-12-20-11-14-4-2-3-5-16(14)17/h2-9,11-12,18H,10,19H2,1H3. The van der Waals surface area contributed by atoms with Crippen LogP contribution in [0.15, 0.2) is 60.9 Å². The summed E-state index contributed by atoms with van der Waals surface area (Å²) in [5.41, 5.74) is 8.67. The first-order valence-electron chi connectivity index (χ1n) is 6.99. The molecule has 0 spiro atoms. The molecule has 0 saturated carbocycles. The van der Waals surface area contributed by atoms with E-state index in [9.17, 15) is 0 Å². The maximum atomic E-state index is 6.39. The van der Waals surface area contributed by atoms with E-state index in [-0.39, 0.29) is 6.04 Å². The summed E-state index contributed by atoms with van der Waals surface area (Å²) < 4.78 is 5.18. The topological polar surface area (TPSA) is 48.1 Å². The smallest absolute Gasteiger partial charge is 0.118 e. The van der Waals surface area contributed by atoms with E-state index >= 15 is 0 Å². The van der Waals surface area contributed by atoms with Crippen LogP contribution in [-0.4, -0.2) is 12.1 Å². The van der Waals surface area contributed by atoms with E-state index in [1.54, 1.807) is 7.11 Å². The highest BCUT2D eigenvalue weighted by Gasteiger charge is 2.11. The minimum Gasteiger partial charge on any atom is -0.497 e. The van der Waals surface area contributed by atoms with E-state index in [2.05, 4.69) is 29.2 Å². The van der Waals surface area contributed by atoms with Gasteiger partial charge in [0.2, 0.25) is 0 Å². The molecule has 0 aliphatic carbocycles. The number of nitrogens with two attached hydrogens (primary N) is 1. The van der Waals surface area contributed by atoms with Gasteiger partial charge in [0.25, 0.3) is 0 Å². The molecule has 0 aliphatic heterocycles. The van der Waals surface area contributed by atoms with Crippen molar-refractivity contribution < 1.29 is 4.74 Å².